The Hall–Kier alpha value is -1.35. The number of rotatable bonds is 4. The van der Waals surface area contributed by atoms with E-state index in [1.54, 1.807) is 0 Å². The molecular weight excluding hydrogens is 260 g/mol. The molecule has 0 unspecified atom stereocenters. The summed E-state index contributed by atoms with van der Waals surface area (Å²) in [6.07, 6.45) is 5.07. The Labute approximate surface area is 127 Å². The Morgan fingerprint density at radius 2 is 1.90 bits per heavy atom. The number of carbonyl (C=O) groups is 1. The average molecular weight is 286 g/mol. The van der Waals surface area contributed by atoms with Crippen LogP contribution in [0.1, 0.15) is 57.6 Å². The average Bonchev–Trinajstić information content (AvgIpc) is 3.24. The van der Waals surface area contributed by atoms with Crippen LogP contribution < -0.4 is 11.1 Å². The van der Waals surface area contributed by atoms with Gasteiger partial charge >= 0.3 is 0 Å². The van der Waals surface area contributed by atoms with Crippen LogP contribution in [0.5, 0.6) is 0 Å². The summed E-state index contributed by atoms with van der Waals surface area (Å²) in [6.45, 7) is 6.09. The second-order valence-electron chi connectivity index (χ2n) is 8.03. The number of benzene rings is 1. The van der Waals surface area contributed by atoms with Gasteiger partial charge in [-0.2, -0.15) is 0 Å². The zero-order valence-corrected chi connectivity index (χ0v) is 13.3. The summed E-state index contributed by atoms with van der Waals surface area (Å²) < 4.78 is 0. The van der Waals surface area contributed by atoms with Crippen LogP contribution in [0.2, 0.25) is 0 Å². The van der Waals surface area contributed by atoms with Crippen molar-refractivity contribution in [2.24, 2.45) is 5.73 Å². The van der Waals surface area contributed by atoms with Gasteiger partial charge in [0.05, 0.1) is 5.41 Å². The van der Waals surface area contributed by atoms with E-state index in [0.29, 0.717) is 0 Å². The largest absolute Gasteiger partial charge is 0.351 e. The first-order valence-corrected chi connectivity index (χ1v) is 7.94. The van der Waals surface area contributed by atoms with Crippen LogP contribution in [0.4, 0.5) is 0 Å². The summed E-state index contributed by atoms with van der Waals surface area (Å²) in [6, 6.07) is 8.49. The van der Waals surface area contributed by atoms with Crippen molar-refractivity contribution in [3.63, 3.8) is 0 Å². The molecule has 1 amide bonds. The summed E-state index contributed by atoms with van der Waals surface area (Å²) in [5.74, 6) is 0.168. The van der Waals surface area contributed by atoms with E-state index in [1.807, 2.05) is 20.8 Å². The molecule has 0 aliphatic heterocycles. The van der Waals surface area contributed by atoms with Gasteiger partial charge in [-0.05, 0) is 64.0 Å². The van der Waals surface area contributed by atoms with E-state index in [-0.39, 0.29) is 22.4 Å². The Morgan fingerprint density at radius 1 is 1.24 bits per heavy atom. The van der Waals surface area contributed by atoms with Crippen molar-refractivity contribution < 1.29 is 4.79 Å². The predicted molar refractivity (Wildman–Crippen MR) is 85.1 cm³/mol. The first-order chi connectivity index (χ1) is 9.73. The monoisotopic (exact) mass is 286 g/mol. The molecule has 2 fully saturated rings. The zero-order chi connectivity index (χ0) is 15.3. The second kappa shape index (κ2) is 4.57. The van der Waals surface area contributed by atoms with Crippen molar-refractivity contribution in [3.8, 4) is 0 Å². The normalized spacial score (nSPS) is 21.7. The second-order valence-corrected chi connectivity index (χ2v) is 8.03. The first kappa shape index (κ1) is 14.6. The van der Waals surface area contributed by atoms with Gasteiger partial charge in [0.2, 0.25) is 5.91 Å². The predicted octanol–water partition coefficient (Wildman–Crippen LogP) is 2.67. The van der Waals surface area contributed by atoms with Crippen molar-refractivity contribution in [2.45, 2.75) is 69.4 Å². The van der Waals surface area contributed by atoms with Crippen LogP contribution in [-0.4, -0.2) is 17.0 Å². The van der Waals surface area contributed by atoms with E-state index >= 15 is 0 Å². The Kier molecular flexibility index (Phi) is 3.17. The summed E-state index contributed by atoms with van der Waals surface area (Å²) in [4.78, 5) is 12.6. The molecule has 2 aliphatic rings. The molecule has 0 aromatic heterocycles. The number of hydrogen-bond acceptors (Lipinski definition) is 2. The van der Waals surface area contributed by atoms with Gasteiger partial charge in [0.15, 0.2) is 0 Å². The molecule has 1 aromatic carbocycles. The minimum atomic E-state index is -0.297. The number of hydrogen-bond donors (Lipinski definition) is 2. The van der Waals surface area contributed by atoms with Crippen LogP contribution in [0, 0.1) is 0 Å². The summed E-state index contributed by atoms with van der Waals surface area (Å²) in [7, 11) is 0. The highest BCUT2D eigenvalue weighted by Crippen LogP contribution is 2.49. The molecule has 3 nitrogen and oxygen atoms in total. The molecule has 2 aliphatic carbocycles. The molecule has 0 bridgehead atoms. The maximum absolute atomic E-state index is 12.6. The van der Waals surface area contributed by atoms with Crippen LogP contribution in [0.3, 0.4) is 0 Å². The lowest BCUT2D eigenvalue weighted by atomic mass is 9.91. The number of nitrogens with two attached hydrogens (primary N) is 1. The van der Waals surface area contributed by atoms with Crippen LogP contribution in [0.25, 0.3) is 0 Å². The third kappa shape index (κ3) is 3.13. The van der Waals surface area contributed by atoms with Gasteiger partial charge in [-0.1, -0.05) is 24.3 Å². The molecule has 1 aromatic rings. The van der Waals surface area contributed by atoms with Crippen molar-refractivity contribution >= 4 is 5.91 Å². The van der Waals surface area contributed by atoms with Gasteiger partial charge in [-0.15, -0.1) is 0 Å². The lowest BCUT2D eigenvalue weighted by molar-refractivity contribution is -0.125. The first-order valence-electron chi connectivity index (χ1n) is 7.94. The minimum Gasteiger partial charge on any atom is -0.351 e. The summed E-state index contributed by atoms with van der Waals surface area (Å²) in [5.41, 5.74) is 8.18. The Bertz CT molecular complexity index is 563. The van der Waals surface area contributed by atoms with Crippen molar-refractivity contribution in [1.29, 1.82) is 0 Å². The zero-order valence-electron chi connectivity index (χ0n) is 13.3. The van der Waals surface area contributed by atoms with Crippen molar-refractivity contribution in [3.05, 3.63) is 35.4 Å². The van der Waals surface area contributed by atoms with E-state index < -0.39 is 0 Å². The van der Waals surface area contributed by atoms with Crippen LogP contribution in [0.15, 0.2) is 24.3 Å². The Balaban J connectivity index is 1.79. The molecule has 0 spiro atoms. The fourth-order valence-electron chi connectivity index (χ4n) is 2.95. The van der Waals surface area contributed by atoms with Gasteiger partial charge in [0, 0.05) is 11.1 Å². The highest BCUT2D eigenvalue weighted by molar-refractivity contribution is 5.91. The van der Waals surface area contributed by atoms with E-state index in [1.165, 1.54) is 5.56 Å². The van der Waals surface area contributed by atoms with Gasteiger partial charge < -0.3 is 11.1 Å². The maximum Gasteiger partial charge on any atom is 0.231 e. The lowest BCUT2D eigenvalue weighted by Crippen LogP contribution is -2.46. The van der Waals surface area contributed by atoms with Gasteiger partial charge in [-0.3, -0.25) is 4.79 Å². The molecule has 0 radical (unpaired) electrons. The van der Waals surface area contributed by atoms with E-state index in [0.717, 1.165) is 37.7 Å². The number of nitrogens with one attached hydrogen (secondary N) is 1. The molecule has 0 saturated heterocycles. The minimum absolute atomic E-state index is 0.0169. The maximum atomic E-state index is 12.6. The molecule has 114 valence electrons. The van der Waals surface area contributed by atoms with Crippen LogP contribution in [-0.2, 0) is 16.6 Å². The molecule has 21 heavy (non-hydrogen) atoms. The highest BCUT2D eigenvalue weighted by Gasteiger charge is 2.52. The Morgan fingerprint density at radius 3 is 2.43 bits per heavy atom. The number of amides is 1. The van der Waals surface area contributed by atoms with Crippen molar-refractivity contribution in [2.75, 3.05) is 0 Å². The molecule has 0 heterocycles. The molecule has 2 saturated carbocycles. The molecule has 3 heteroatoms. The van der Waals surface area contributed by atoms with Gasteiger partial charge in [0.25, 0.3) is 0 Å². The molecule has 0 atom stereocenters. The molecular formula is C18H26N2O. The third-order valence-corrected chi connectivity index (χ3v) is 4.60. The van der Waals surface area contributed by atoms with Crippen LogP contribution >= 0.6 is 0 Å². The smallest absolute Gasteiger partial charge is 0.231 e. The van der Waals surface area contributed by atoms with E-state index in [4.69, 9.17) is 5.73 Å². The van der Waals surface area contributed by atoms with Crippen molar-refractivity contribution in [1.82, 2.24) is 5.32 Å². The fourth-order valence-corrected chi connectivity index (χ4v) is 2.95. The summed E-state index contributed by atoms with van der Waals surface area (Å²) >= 11 is 0. The molecule has 3 rings (SSSR count). The van der Waals surface area contributed by atoms with Gasteiger partial charge in [-0.25, -0.2) is 0 Å². The highest BCUT2D eigenvalue weighted by atomic mass is 16.2. The van der Waals surface area contributed by atoms with E-state index in [2.05, 4.69) is 29.6 Å². The van der Waals surface area contributed by atoms with Gasteiger partial charge in [0.1, 0.15) is 0 Å². The lowest BCUT2D eigenvalue weighted by Gasteiger charge is -2.25. The number of carbonyl (C=O) groups excluding carboxylic acids is 1. The fraction of sp³-hybridized carbons (Fsp3) is 0.611. The standard InChI is InChI=1S/C18H26N2O/c1-16(2,3)20-15(21)18(9-10-18)14-6-4-5-13(11-14)12-17(19)7-8-17/h4-6,11H,7-10,12,19H2,1-3H3,(H,20,21). The molecule has 3 N–H and O–H groups in total. The van der Waals surface area contributed by atoms with E-state index in [9.17, 15) is 4.79 Å². The topological polar surface area (TPSA) is 55.1 Å². The SMILES string of the molecule is CC(C)(C)NC(=O)C1(c2cccc(CC3(N)CC3)c2)CC1. The quantitative estimate of drug-likeness (QED) is 0.894. The summed E-state index contributed by atoms with van der Waals surface area (Å²) in [5, 5.41) is 3.14. The third-order valence-electron chi connectivity index (χ3n) is 4.60.